The van der Waals surface area contributed by atoms with E-state index in [2.05, 4.69) is 21.2 Å². The number of benzene rings is 3. The Labute approximate surface area is 179 Å². The molecule has 0 atom stereocenters. The summed E-state index contributed by atoms with van der Waals surface area (Å²) in [5, 5.41) is 2.77. The molecule has 0 aliphatic rings. The van der Waals surface area contributed by atoms with Crippen LogP contribution in [-0.2, 0) is 14.8 Å². The second-order valence-corrected chi connectivity index (χ2v) is 9.50. The van der Waals surface area contributed by atoms with Crippen molar-refractivity contribution in [3.63, 3.8) is 0 Å². The Bertz CT molecular complexity index is 1130. The van der Waals surface area contributed by atoms with Crippen LogP contribution in [0.1, 0.15) is 11.1 Å². The van der Waals surface area contributed by atoms with Gasteiger partial charge >= 0.3 is 0 Å². The lowest BCUT2D eigenvalue weighted by atomic mass is 10.2. The second kappa shape index (κ2) is 8.80. The number of hydrogen-bond acceptors (Lipinski definition) is 3. The molecule has 150 valence electrons. The molecule has 0 saturated carbocycles. The van der Waals surface area contributed by atoms with Crippen LogP contribution in [0.2, 0.25) is 0 Å². The van der Waals surface area contributed by atoms with Crippen LogP contribution >= 0.6 is 15.9 Å². The molecule has 3 aromatic carbocycles. The van der Waals surface area contributed by atoms with Crippen LogP contribution in [0.3, 0.4) is 0 Å². The fourth-order valence-corrected chi connectivity index (χ4v) is 4.64. The number of rotatable bonds is 6. The predicted molar refractivity (Wildman–Crippen MR) is 120 cm³/mol. The molecular weight excluding hydrogens is 452 g/mol. The van der Waals surface area contributed by atoms with E-state index in [1.54, 1.807) is 54.6 Å². The van der Waals surface area contributed by atoms with Crippen LogP contribution in [0.4, 0.5) is 11.4 Å². The lowest BCUT2D eigenvalue weighted by Gasteiger charge is -2.24. The Morgan fingerprint density at radius 2 is 1.62 bits per heavy atom. The summed E-state index contributed by atoms with van der Waals surface area (Å²) < 4.78 is 28.5. The Morgan fingerprint density at radius 3 is 2.28 bits per heavy atom. The third kappa shape index (κ3) is 5.25. The summed E-state index contributed by atoms with van der Waals surface area (Å²) in [5.41, 5.74) is 2.98. The standard InChI is InChI=1S/C22H21BrN2O3S/c1-16-9-11-21(12-10-16)29(27,28)25(20-8-4-6-18(23)14-20)15-22(26)24-19-7-3-5-17(2)13-19/h3-14H,15H2,1-2H3,(H,24,26). The summed E-state index contributed by atoms with van der Waals surface area (Å²) in [6, 6.07) is 20.8. The molecule has 0 bridgehead atoms. The highest BCUT2D eigenvalue weighted by Gasteiger charge is 2.27. The molecule has 0 radical (unpaired) electrons. The third-order valence-corrected chi connectivity index (χ3v) is 6.58. The zero-order chi connectivity index (χ0) is 21.0. The molecule has 3 aromatic rings. The van der Waals surface area contributed by atoms with E-state index in [9.17, 15) is 13.2 Å². The van der Waals surface area contributed by atoms with Crippen LogP contribution in [0.25, 0.3) is 0 Å². The van der Waals surface area contributed by atoms with Crippen molar-refractivity contribution >= 4 is 43.2 Å². The van der Waals surface area contributed by atoms with E-state index >= 15 is 0 Å². The van der Waals surface area contributed by atoms with Gasteiger partial charge in [-0.05, 0) is 61.9 Å². The summed E-state index contributed by atoms with van der Waals surface area (Å²) in [4.78, 5) is 12.8. The first-order valence-corrected chi connectivity index (χ1v) is 11.2. The van der Waals surface area contributed by atoms with Crippen molar-refractivity contribution in [2.75, 3.05) is 16.2 Å². The lowest BCUT2D eigenvalue weighted by molar-refractivity contribution is -0.114. The molecule has 0 saturated heterocycles. The first-order chi connectivity index (χ1) is 13.8. The number of carbonyl (C=O) groups excluding carboxylic acids is 1. The molecule has 7 heteroatoms. The molecule has 1 N–H and O–H groups in total. The van der Waals surface area contributed by atoms with Crippen molar-refractivity contribution in [1.29, 1.82) is 0 Å². The highest BCUT2D eigenvalue weighted by Crippen LogP contribution is 2.26. The molecular formula is C22H21BrN2O3S. The van der Waals surface area contributed by atoms with Crippen LogP contribution in [-0.4, -0.2) is 20.9 Å². The maximum absolute atomic E-state index is 13.3. The fraction of sp³-hybridized carbons (Fsp3) is 0.136. The predicted octanol–water partition coefficient (Wildman–Crippen LogP) is 4.90. The van der Waals surface area contributed by atoms with Gasteiger partial charge in [0.25, 0.3) is 10.0 Å². The monoisotopic (exact) mass is 472 g/mol. The zero-order valence-electron chi connectivity index (χ0n) is 16.1. The van der Waals surface area contributed by atoms with Gasteiger partial charge < -0.3 is 5.32 Å². The van der Waals surface area contributed by atoms with Crippen molar-refractivity contribution in [2.24, 2.45) is 0 Å². The summed E-state index contributed by atoms with van der Waals surface area (Å²) in [6.45, 7) is 3.46. The van der Waals surface area contributed by atoms with Crippen molar-refractivity contribution < 1.29 is 13.2 Å². The van der Waals surface area contributed by atoms with Crippen LogP contribution in [0.5, 0.6) is 0 Å². The molecule has 3 rings (SSSR count). The number of sulfonamides is 1. The van der Waals surface area contributed by atoms with Gasteiger partial charge in [0.2, 0.25) is 5.91 Å². The van der Waals surface area contributed by atoms with Gasteiger partial charge in [-0.2, -0.15) is 0 Å². The average Bonchev–Trinajstić information content (AvgIpc) is 2.66. The van der Waals surface area contributed by atoms with E-state index in [-0.39, 0.29) is 11.4 Å². The van der Waals surface area contributed by atoms with E-state index < -0.39 is 15.9 Å². The van der Waals surface area contributed by atoms with E-state index in [1.807, 2.05) is 32.0 Å². The molecule has 1 amide bonds. The minimum atomic E-state index is -3.93. The van der Waals surface area contributed by atoms with Gasteiger partial charge in [0.05, 0.1) is 10.6 Å². The molecule has 0 spiro atoms. The molecule has 0 aliphatic heterocycles. The smallest absolute Gasteiger partial charge is 0.264 e. The zero-order valence-corrected chi connectivity index (χ0v) is 18.5. The highest BCUT2D eigenvalue weighted by molar-refractivity contribution is 9.10. The van der Waals surface area contributed by atoms with Crippen LogP contribution in [0.15, 0.2) is 82.2 Å². The maximum Gasteiger partial charge on any atom is 0.264 e. The largest absolute Gasteiger partial charge is 0.325 e. The van der Waals surface area contributed by atoms with Crippen molar-refractivity contribution in [1.82, 2.24) is 0 Å². The summed E-state index contributed by atoms with van der Waals surface area (Å²) >= 11 is 3.37. The number of halogens is 1. The minimum Gasteiger partial charge on any atom is -0.325 e. The van der Waals surface area contributed by atoms with E-state index in [0.717, 1.165) is 19.9 Å². The highest BCUT2D eigenvalue weighted by atomic mass is 79.9. The number of nitrogens with zero attached hydrogens (tertiary/aromatic N) is 1. The van der Waals surface area contributed by atoms with Gasteiger partial charge in [-0.1, -0.05) is 51.8 Å². The van der Waals surface area contributed by atoms with E-state index in [1.165, 1.54) is 0 Å². The molecule has 5 nitrogen and oxygen atoms in total. The molecule has 0 aromatic heterocycles. The van der Waals surface area contributed by atoms with Gasteiger partial charge in [-0.3, -0.25) is 9.10 Å². The maximum atomic E-state index is 13.3. The molecule has 0 aliphatic carbocycles. The summed E-state index contributed by atoms with van der Waals surface area (Å²) in [7, 11) is -3.93. The van der Waals surface area contributed by atoms with E-state index in [0.29, 0.717) is 11.4 Å². The number of aryl methyl sites for hydroxylation is 2. The molecule has 0 unspecified atom stereocenters. The Hall–Kier alpha value is -2.64. The first-order valence-electron chi connectivity index (χ1n) is 8.97. The normalized spacial score (nSPS) is 11.1. The quantitative estimate of drug-likeness (QED) is 0.554. The Balaban J connectivity index is 1.95. The van der Waals surface area contributed by atoms with Crippen LogP contribution < -0.4 is 9.62 Å². The number of hydrogen-bond donors (Lipinski definition) is 1. The topological polar surface area (TPSA) is 66.5 Å². The molecule has 0 fully saturated rings. The van der Waals surface area contributed by atoms with E-state index in [4.69, 9.17) is 0 Å². The SMILES string of the molecule is Cc1ccc(S(=O)(=O)N(CC(=O)Nc2cccc(C)c2)c2cccc(Br)c2)cc1. The van der Waals surface area contributed by atoms with Crippen molar-refractivity contribution in [2.45, 2.75) is 18.7 Å². The minimum absolute atomic E-state index is 0.131. The van der Waals surface area contributed by atoms with Gasteiger partial charge in [-0.15, -0.1) is 0 Å². The summed E-state index contributed by atoms with van der Waals surface area (Å²) in [6.07, 6.45) is 0. The van der Waals surface area contributed by atoms with Crippen molar-refractivity contribution in [3.8, 4) is 0 Å². The molecule has 29 heavy (non-hydrogen) atoms. The molecule has 0 heterocycles. The number of carbonyl (C=O) groups is 1. The lowest BCUT2D eigenvalue weighted by Crippen LogP contribution is -2.38. The average molecular weight is 473 g/mol. The fourth-order valence-electron chi connectivity index (χ4n) is 2.84. The third-order valence-electron chi connectivity index (χ3n) is 4.29. The Kier molecular flexibility index (Phi) is 6.39. The van der Waals surface area contributed by atoms with Crippen molar-refractivity contribution in [3.05, 3.63) is 88.4 Å². The first kappa shape index (κ1) is 21.1. The second-order valence-electron chi connectivity index (χ2n) is 6.72. The van der Waals surface area contributed by atoms with Gasteiger partial charge in [0, 0.05) is 10.2 Å². The van der Waals surface area contributed by atoms with Gasteiger partial charge in [0.1, 0.15) is 6.54 Å². The van der Waals surface area contributed by atoms with Gasteiger partial charge in [-0.25, -0.2) is 8.42 Å². The Morgan fingerprint density at radius 1 is 0.931 bits per heavy atom. The number of amides is 1. The van der Waals surface area contributed by atoms with Crippen LogP contribution in [0, 0.1) is 13.8 Å². The van der Waals surface area contributed by atoms with Gasteiger partial charge in [0.15, 0.2) is 0 Å². The summed E-state index contributed by atoms with van der Waals surface area (Å²) in [5.74, 6) is -0.425. The number of anilines is 2. The number of nitrogens with one attached hydrogen (secondary N) is 1.